The molecule has 0 radical (unpaired) electrons. The van der Waals surface area contributed by atoms with Crippen LogP contribution in [0.25, 0.3) is 0 Å². The van der Waals surface area contributed by atoms with Crippen LogP contribution in [0.5, 0.6) is 0 Å². The molecule has 0 aliphatic rings. The second-order valence-corrected chi connectivity index (χ2v) is 6.95. The first-order chi connectivity index (χ1) is 12.2. The molecule has 0 saturated heterocycles. The fourth-order valence-electron chi connectivity index (χ4n) is 1.98. The van der Waals surface area contributed by atoms with Crippen LogP contribution in [0, 0.1) is 5.41 Å². The minimum absolute atomic E-state index is 0.125. The Kier molecular flexibility index (Phi) is 5.82. The molecular weight excluding hydrogens is 334 g/mol. The lowest BCUT2D eigenvalue weighted by molar-refractivity contribution is -0.123. The van der Waals surface area contributed by atoms with Crippen LogP contribution in [0.15, 0.2) is 47.1 Å². The first-order valence-corrected chi connectivity index (χ1v) is 8.23. The molecule has 1 aromatic carbocycles. The molecule has 1 unspecified atom stereocenters. The van der Waals surface area contributed by atoms with Crippen molar-refractivity contribution in [3.8, 4) is 0 Å². The molecule has 7 nitrogen and oxygen atoms in total. The number of anilines is 2. The van der Waals surface area contributed by atoms with Crippen LogP contribution in [-0.2, 0) is 9.59 Å². The van der Waals surface area contributed by atoms with Gasteiger partial charge in [0.25, 0.3) is 5.91 Å². The molecule has 0 aliphatic carbocycles. The molecule has 7 heteroatoms. The molecule has 0 aliphatic heterocycles. The molecule has 0 saturated carbocycles. The fourth-order valence-corrected chi connectivity index (χ4v) is 1.98. The smallest absolute Gasteiger partial charge is 0.287 e. The third kappa shape index (κ3) is 5.20. The number of carbonyl (C=O) groups is 3. The Balaban J connectivity index is 1.97. The Morgan fingerprint density at radius 2 is 1.65 bits per heavy atom. The maximum absolute atomic E-state index is 12.3. The van der Waals surface area contributed by atoms with Gasteiger partial charge in [-0.05, 0) is 37.3 Å². The standard InChI is InChI=1S/C19H23N3O4/c1-12(20-17(24)15-9-6-10-26-15)16(23)21-13-7-5-8-14(11-13)22-18(25)19(2,3)4/h5-12H,1-4H3,(H,20,24)(H,21,23)(H,22,25). The van der Waals surface area contributed by atoms with Gasteiger partial charge in [-0.3, -0.25) is 14.4 Å². The lowest BCUT2D eigenvalue weighted by atomic mass is 9.95. The average molecular weight is 357 g/mol. The zero-order valence-electron chi connectivity index (χ0n) is 15.3. The summed E-state index contributed by atoms with van der Waals surface area (Å²) >= 11 is 0. The molecule has 138 valence electrons. The van der Waals surface area contributed by atoms with Crippen molar-refractivity contribution in [1.82, 2.24) is 5.32 Å². The topological polar surface area (TPSA) is 100 Å². The summed E-state index contributed by atoms with van der Waals surface area (Å²) in [6.45, 7) is 7.02. The molecule has 1 heterocycles. The Bertz CT molecular complexity index is 791. The zero-order valence-corrected chi connectivity index (χ0v) is 15.3. The Hall–Kier alpha value is -3.09. The van der Waals surface area contributed by atoms with Crippen LogP contribution in [0.4, 0.5) is 11.4 Å². The molecule has 2 rings (SSSR count). The van der Waals surface area contributed by atoms with Crippen molar-refractivity contribution in [2.24, 2.45) is 5.41 Å². The van der Waals surface area contributed by atoms with Gasteiger partial charge in [0.1, 0.15) is 6.04 Å². The number of hydrogen-bond donors (Lipinski definition) is 3. The zero-order chi connectivity index (χ0) is 19.3. The Morgan fingerprint density at radius 3 is 2.23 bits per heavy atom. The van der Waals surface area contributed by atoms with Crippen molar-refractivity contribution < 1.29 is 18.8 Å². The van der Waals surface area contributed by atoms with E-state index in [2.05, 4.69) is 16.0 Å². The Morgan fingerprint density at radius 1 is 1.00 bits per heavy atom. The van der Waals surface area contributed by atoms with E-state index in [1.165, 1.54) is 12.3 Å². The van der Waals surface area contributed by atoms with E-state index < -0.39 is 17.4 Å². The maximum Gasteiger partial charge on any atom is 0.287 e. The minimum Gasteiger partial charge on any atom is -0.459 e. The van der Waals surface area contributed by atoms with Crippen LogP contribution in [0.3, 0.4) is 0 Å². The van der Waals surface area contributed by atoms with Gasteiger partial charge in [0.2, 0.25) is 11.8 Å². The molecular formula is C19H23N3O4. The molecule has 2 aromatic rings. The van der Waals surface area contributed by atoms with Crippen molar-refractivity contribution in [3.63, 3.8) is 0 Å². The minimum atomic E-state index is -0.763. The highest BCUT2D eigenvalue weighted by Crippen LogP contribution is 2.20. The highest BCUT2D eigenvalue weighted by atomic mass is 16.3. The summed E-state index contributed by atoms with van der Waals surface area (Å²) in [4.78, 5) is 36.2. The lowest BCUT2D eigenvalue weighted by Crippen LogP contribution is -2.41. The van der Waals surface area contributed by atoms with Gasteiger partial charge in [-0.2, -0.15) is 0 Å². The number of carbonyl (C=O) groups excluding carboxylic acids is 3. The number of nitrogens with one attached hydrogen (secondary N) is 3. The summed E-state index contributed by atoms with van der Waals surface area (Å²) < 4.78 is 4.99. The first-order valence-electron chi connectivity index (χ1n) is 8.23. The summed E-state index contributed by atoms with van der Waals surface area (Å²) in [6, 6.07) is 9.16. The SMILES string of the molecule is CC(NC(=O)c1ccco1)C(=O)Nc1cccc(NC(=O)C(C)(C)C)c1. The molecule has 0 fully saturated rings. The summed E-state index contributed by atoms with van der Waals surface area (Å²) in [7, 11) is 0. The third-order valence-corrected chi connectivity index (χ3v) is 3.56. The number of benzene rings is 1. The highest BCUT2D eigenvalue weighted by Gasteiger charge is 2.21. The monoisotopic (exact) mass is 357 g/mol. The molecule has 3 amide bonds. The van der Waals surface area contributed by atoms with Gasteiger partial charge in [-0.15, -0.1) is 0 Å². The van der Waals surface area contributed by atoms with Crippen molar-refractivity contribution in [1.29, 1.82) is 0 Å². The van der Waals surface area contributed by atoms with Gasteiger partial charge < -0.3 is 20.4 Å². The maximum atomic E-state index is 12.3. The number of rotatable bonds is 5. The molecule has 3 N–H and O–H groups in total. The van der Waals surface area contributed by atoms with E-state index in [1.54, 1.807) is 37.3 Å². The third-order valence-electron chi connectivity index (χ3n) is 3.56. The predicted octanol–water partition coefficient (Wildman–Crippen LogP) is 3.02. The van der Waals surface area contributed by atoms with Gasteiger partial charge in [0.05, 0.1) is 6.26 Å². The molecule has 0 spiro atoms. The lowest BCUT2D eigenvalue weighted by Gasteiger charge is -2.18. The van der Waals surface area contributed by atoms with Crippen LogP contribution in [0.1, 0.15) is 38.2 Å². The molecule has 1 aromatic heterocycles. The van der Waals surface area contributed by atoms with Crippen molar-refractivity contribution in [2.75, 3.05) is 10.6 Å². The van der Waals surface area contributed by atoms with Gasteiger partial charge >= 0.3 is 0 Å². The van der Waals surface area contributed by atoms with Crippen LogP contribution in [0.2, 0.25) is 0 Å². The predicted molar refractivity (Wildman–Crippen MR) is 98.8 cm³/mol. The highest BCUT2D eigenvalue weighted by molar-refractivity contribution is 6.00. The largest absolute Gasteiger partial charge is 0.459 e. The van der Waals surface area contributed by atoms with Crippen LogP contribution >= 0.6 is 0 Å². The van der Waals surface area contributed by atoms with Gasteiger partial charge in [-0.25, -0.2) is 0 Å². The Labute approximate surface area is 152 Å². The molecule has 0 bridgehead atoms. The fraction of sp³-hybridized carbons (Fsp3) is 0.316. The van der Waals surface area contributed by atoms with Crippen molar-refractivity contribution in [3.05, 3.63) is 48.4 Å². The molecule has 26 heavy (non-hydrogen) atoms. The number of amides is 3. The first kappa shape index (κ1) is 19.2. The average Bonchev–Trinajstić information content (AvgIpc) is 3.08. The van der Waals surface area contributed by atoms with E-state index >= 15 is 0 Å². The molecule has 1 atom stereocenters. The van der Waals surface area contributed by atoms with E-state index in [4.69, 9.17) is 4.42 Å². The normalized spacial score (nSPS) is 12.2. The van der Waals surface area contributed by atoms with Gasteiger partial charge in [-0.1, -0.05) is 26.8 Å². The second-order valence-electron chi connectivity index (χ2n) is 6.95. The van der Waals surface area contributed by atoms with Crippen LogP contribution in [-0.4, -0.2) is 23.8 Å². The van der Waals surface area contributed by atoms with E-state index in [1.807, 2.05) is 20.8 Å². The summed E-state index contributed by atoms with van der Waals surface area (Å²) in [5.74, 6) is -0.843. The van der Waals surface area contributed by atoms with Gasteiger partial charge in [0.15, 0.2) is 5.76 Å². The van der Waals surface area contributed by atoms with E-state index in [0.717, 1.165) is 0 Å². The second kappa shape index (κ2) is 7.86. The number of furan rings is 1. The van der Waals surface area contributed by atoms with E-state index in [-0.39, 0.29) is 17.6 Å². The van der Waals surface area contributed by atoms with E-state index in [9.17, 15) is 14.4 Å². The summed E-state index contributed by atoms with van der Waals surface area (Å²) in [5, 5.41) is 8.07. The van der Waals surface area contributed by atoms with E-state index in [0.29, 0.717) is 11.4 Å². The summed E-state index contributed by atoms with van der Waals surface area (Å²) in [5.41, 5.74) is 0.569. The quantitative estimate of drug-likeness (QED) is 0.766. The van der Waals surface area contributed by atoms with Gasteiger partial charge in [0, 0.05) is 16.8 Å². The van der Waals surface area contributed by atoms with Crippen molar-refractivity contribution in [2.45, 2.75) is 33.7 Å². The van der Waals surface area contributed by atoms with Crippen molar-refractivity contribution >= 4 is 29.1 Å². The number of hydrogen-bond acceptors (Lipinski definition) is 4. The summed E-state index contributed by atoms with van der Waals surface area (Å²) in [6.07, 6.45) is 1.39. The van der Waals surface area contributed by atoms with Crippen LogP contribution < -0.4 is 16.0 Å².